The topological polar surface area (TPSA) is 54.0 Å². The molecule has 4 nitrogen and oxygen atoms in total. The van der Waals surface area contributed by atoms with Crippen LogP contribution in [0.4, 0.5) is 5.82 Å². The summed E-state index contributed by atoms with van der Waals surface area (Å²) in [6.45, 7) is 5.76. The molecular weight excluding hydrogens is 202 g/mol. The molecule has 1 aliphatic heterocycles. The lowest BCUT2D eigenvalue weighted by Gasteiger charge is -2.16. The van der Waals surface area contributed by atoms with Gasteiger partial charge in [-0.3, -0.25) is 4.79 Å². The molecule has 0 saturated carbocycles. The van der Waals surface area contributed by atoms with Crippen molar-refractivity contribution in [3.63, 3.8) is 0 Å². The summed E-state index contributed by atoms with van der Waals surface area (Å²) in [4.78, 5) is 15.7. The Morgan fingerprint density at radius 2 is 2.25 bits per heavy atom. The van der Waals surface area contributed by atoms with E-state index in [0.717, 1.165) is 18.7 Å². The molecule has 0 unspecified atom stereocenters. The number of amides is 1. The van der Waals surface area contributed by atoms with Crippen LogP contribution in [0.15, 0.2) is 12.3 Å². The van der Waals surface area contributed by atoms with E-state index in [0.29, 0.717) is 18.2 Å². The molecule has 0 aromatic carbocycles. The fourth-order valence-electron chi connectivity index (χ4n) is 1.71. The largest absolute Gasteiger partial charge is 0.312 e. The van der Waals surface area contributed by atoms with Crippen LogP contribution in [0.25, 0.3) is 0 Å². The summed E-state index contributed by atoms with van der Waals surface area (Å²) in [7, 11) is 0. The lowest BCUT2D eigenvalue weighted by molar-refractivity contribution is -0.116. The smallest absolute Gasteiger partial charge is 0.226 e. The van der Waals surface area contributed by atoms with Crippen molar-refractivity contribution in [2.45, 2.75) is 32.7 Å². The Hall–Kier alpha value is -1.42. The number of rotatable bonds is 1. The second-order valence-electron chi connectivity index (χ2n) is 4.41. The number of nitrogens with one attached hydrogen (secondary N) is 2. The number of fused-ring (bicyclic) bond motifs is 1. The van der Waals surface area contributed by atoms with Crippen molar-refractivity contribution in [3.05, 3.63) is 23.4 Å². The molecule has 0 fully saturated rings. The first-order valence-corrected chi connectivity index (χ1v) is 5.66. The van der Waals surface area contributed by atoms with Crippen molar-refractivity contribution in [3.8, 4) is 0 Å². The summed E-state index contributed by atoms with van der Waals surface area (Å²) in [6, 6.07) is 2.12. The molecule has 0 aliphatic carbocycles. The number of nitrogens with zero attached hydrogens (tertiary/aromatic N) is 1. The Morgan fingerprint density at radius 1 is 1.44 bits per heavy atom. The Balaban J connectivity index is 2.32. The summed E-state index contributed by atoms with van der Waals surface area (Å²) in [6.07, 6.45) is 2.35. The van der Waals surface area contributed by atoms with Crippen LogP contribution in [0.1, 0.15) is 37.3 Å². The third kappa shape index (κ3) is 2.39. The maximum Gasteiger partial charge on any atom is 0.226 e. The zero-order valence-corrected chi connectivity index (χ0v) is 9.71. The minimum absolute atomic E-state index is 0.0262. The van der Waals surface area contributed by atoms with Gasteiger partial charge in [-0.05, 0) is 17.5 Å². The fourth-order valence-corrected chi connectivity index (χ4v) is 1.71. The number of carbonyl (C=O) groups is 1. The van der Waals surface area contributed by atoms with E-state index in [4.69, 9.17) is 0 Å². The number of hydrogen-bond acceptors (Lipinski definition) is 3. The molecule has 2 heterocycles. The number of hydrogen-bond donors (Lipinski definition) is 2. The Morgan fingerprint density at radius 3 is 3.00 bits per heavy atom. The molecule has 1 aromatic heterocycles. The van der Waals surface area contributed by atoms with E-state index in [1.165, 1.54) is 5.56 Å². The van der Waals surface area contributed by atoms with Crippen LogP contribution in [0.2, 0.25) is 0 Å². The van der Waals surface area contributed by atoms with Crippen molar-refractivity contribution >= 4 is 11.7 Å². The van der Waals surface area contributed by atoms with Gasteiger partial charge in [0.15, 0.2) is 0 Å². The highest BCUT2D eigenvalue weighted by Gasteiger charge is 2.13. The molecule has 0 bridgehead atoms. The minimum Gasteiger partial charge on any atom is -0.312 e. The van der Waals surface area contributed by atoms with Crippen molar-refractivity contribution in [1.82, 2.24) is 10.3 Å². The van der Waals surface area contributed by atoms with Gasteiger partial charge in [0, 0.05) is 31.3 Å². The van der Waals surface area contributed by atoms with Gasteiger partial charge in [0.05, 0.1) is 0 Å². The normalized spacial score (nSPS) is 16.3. The van der Waals surface area contributed by atoms with E-state index in [2.05, 4.69) is 35.5 Å². The molecule has 0 spiro atoms. The predicted octanol–water partition coefficient (Wildman–Crippen LogP) is 1.64. The van der Waals surface area contributed by atoms with Crippen LogP contribution in [0, 0.1) is 0 Å². The fraction of sp³-hybridized carbons (Fsp3) is 0.500. The van der Waals surface area contributed by atoms with Crippen LogP contribution in [0.5, 0.6) is 0 Å². The summed E-state index contributed by atoms with van der Waals surface area (Å²) in [5.74, 6) is 1.18. The number of aromatic nitrogens is 1. The Kier molecular flexibility index (Phi) is 3.19. The first-order valence-electron chi connectivity index (χ1n) is 5.66. The van der Waals surface area contributed by atoms with Crippen LogP contribution >= 0.6 is 0 Å². The first-order chi connectivity index (χ1) is 7.66. The van der Waals surface area contributed by atoms with E-state index in [9.17, 15) is 4.79 Å². The van der Waals surface area contributed by atoms with Crippen molar-refractivity contribution in [2.75, 3.05) is 11.9 Å². The van der Waals surface area contributed by atoms with Gasteiger partial charge in [0.2, 0.25) is 5.91 Å². The van der Waals surface area contributed by atoms with Crippen molar-refractivity contribution in [2.24, 2.45) is 0 Å². The molecule has 1 amide bonds. The van der Waals surface area contributed by atoms with Crippen LogP contribution in [-0.4, -0.2) is 17.4 Å². The second kappa shape index (κ2) is 4.61. The molecule has 4 heteroatoms. The van der Waals surface area contributed by atoms with Gasteiger partial charge >= 0.3 is 0 Å². The van der Waals surface area contributed by atoms with E-state index in [1.54, 1.807) is 0 Å². The monoisotopic (exact) mass is 219 g/mol. The molecule has 86 valence electrons. The molecule has 1 aromatic rings. The number of pyridine rings is 1. The molecule has 1 aliphatic rings. The van der Waals surface area contributed by atoms with Crippen LogP contribution in [0.3, 0.4) is 0 Å². The maximum absolute atomic E-state index is 11.4. The molecule has 2 N–H and O–H groups in total. The lowest BCUT2D eigenvalue weighted by atomic mass is 10.0. The van der Waals surface area contributed by atoms with Gasteiger partial charge in [-0.2, -0.15) is 0 Å². The second-order valence-corrected chi connectivity index (χ2v) is 4.41. The predicted molar refractivity (Wildman–Crippen MR) is 63.3 cm³/mol. The van der Waals surface area contributed by atoms with E-state index >= 15 is 0 Å². The quantitative estimate of drug-likeness (QED) is 0.755. The molecule has 0 saturated heterocycles. The van der Waals surface area contributed by atoms with Gasteiger partial charge in [0.25, 0.3) is 0 Å². The third-order valence-electron chi connectivity index (χ3n) is 2.76. The highest BCUT2D eigenvalue weighted by Crippen LogP contribution is 2.20. The zero-order chi connectivity index (χ0) is 11.5. The van der Waals surface area contributed by atoms with Gasteiger partial charge in [-0.25, -0.2) is 4.98 Å². The summed E-state index contributed by atoms with van der Waals surface area (Å²) < 4.78 is 0. The zero-order valence-electron chi connectivity index (χ0n) is 9.71. The lowest BCUT2D eigenvalue weighted by Crippen LogP contribution is -2.26. The van der Waals surface area contributed by atoms with Crippen LogP contribution < -0.4 is 10.6 Å². The molecule has 0 radical (unpaired) electrons. The van der Waals surface area contributed by atoms with Crippen molar-refractivity contribution in [1.29, 1.82) is 0 Å². The van der Waals surface area contributed by atoms with Gasteiger partial charge in [-0.1, -0.05) is 13.8 Å². The van der Waals surface area contributed by atoms with Gasteiger partial charge in [0.1, 0.15) is 5.82 Å². The summed E-state index contributed by atoms with van der Waals surface area (Å²) in [5, 5.41) is 6.08. The number of anilines is 1. The standard InChI is InChI=1S/C12H17N3O/c1-8(2)9-5-10-6-13-4-3-11(16)15-12(10)14-7-9/h5,7-8,13H,3-4,6H2,1-2H3,(H,14,15,16). The first kappa shape index (κ1) is 11.1. The molecule has 2 rings (SSSR count). The van der Waals surface area contributed by atoms with Crippen molar-refractivity contribution < 1.29 is 4.79 Å². The Labute approximate surface area is 95.5 Å². The number of carbonyl (C=O) groups excluding carboxylic acids is 1. The van der Waals surface area contributed by atoms with Gasteiger partial charge in [-0.15, -0.1) is 0 Å². The molecule has 16 heavy (non-hydrogen) atoms. The maximum atomic E-state index is 11.4. The molecular formula is C12H17N3O. The minimum atomic E-state index is 0.0262. The molecule has 0 atom stereocenters. The van der Waals surface area contributed by atoms with E-state index in [1.807, 2.05) is 6.20 Å². The summed E-state index contributed by atoms with van der Waals surface area (Å²) in [5.41, 5.74) is 2.27. The van der Waals surface area contributed by atoms with E-state index in [-0.39, 0.29) is 5.91 Å². The third-order valence-corrected chi connectivity index (χ3v) is 2.76. The highest BCUT2D eigenvalue weighted by atomic mass is 16.1. The van der Waals surface area contributed by atoms with Gasteiger partial charge < -0.3 is 10.6 Å². The Bertz CT molecular complexity index is 401. The average molecular weight is 219 g/mol. The SMILES string of the molecule is CC(C)c1cnc2c(c1)CNCCC(=O)N2. The average Bonchev–Trinajstić information content (AvgIpc) is 2.22. The van der Waals surface area contributed by atoms with Crippen LogP contribution in [-0.2, 0) is 11.3 Å². The highest BCUT2D eigenvalue weighted by molar-refractivity contribution is 5.90. The van der Waals surface area contributed by atoms with E-state index < -0.39 is 0 Å². The summed E-state index contributed by atoms with van der Waals surface area (Å²) >= 11 is 0.